The van der Waals surface area contributed by atoms with E-state index in [9.17, 15) is 27.9 Å². The molecule has 0 unspecified atom stereocenters. The summed E-state index contributed by atoms with van der Waals surface area (Å²) in [6.07, 6.45) is -3.96. The fourth-order valence-electron chi connectivity index (χ4n) is 2.19. The van der Waals surface area contributed by atoms with E-state index in [0.29, 0.717) is 6.20 Å². The van der Waals surface area contributed by atoms with Crippen LogP contribution in [0.2, 0.25) is 0 Å². The Morgan fingerprint density at radius 2 is 1.79 bits per heavy atom. The zero-order valence-corrected chi connectivity index (χ0v) is 15.7. The molecule has 0 radical (unpaired) electrons. The van der Waals surface area contributed by atoms with E-state index in [0.717, 1.165) is 24.3 Å². The zero-order valence-electron chi connectivity index (χ0n) is 14.8. The minimum absolute atomic E-state index is 0.0278. The molecule has 0 saturated heterocycles. The molecule has 12 heteroatoms. The lowest BCUT2D eigenvalue weighted by molar-refractivity contribution is -0.383. The molecule has 0 saturated carbocycles. The van der Waals surface area contributed by atoms with Crippen LogP contribution in [0.5, 0.6) is 11.6 Å². The smallest absolute Gasteiger partial charge is 0.417 e. The minimum atomic E-state index is -4.55. The van der Waals surface area contributed by atoms with E-state index >= 15 is 0 Å². The lowest BCUT2D eigenvalue weighted by Gasteiger charge is -2.17. The van der Waals surface area contributed by atoms with E-state index in [1.54, 1.807) is 13.8 Å². The SMILES string of the molecule is CCOP(=O)(OCC)c1cc(Oc2ccc(C(F)(F)F)cn2)ccc1[N+](=O)[O-]. The third kappa shape index (κ3) is 5.06. The van der Waals surface area contributed by atoms with Gasteiger partial charge >= 0.3 is 13.8 Å². The Hall–Kier alpha value is -2.49. The van der Waals surface area contributed by atoms with Crippen molar-refractivity contribution in [2.45, 2.75) is 20.0 Å². The molecule has 2 rings (SSSR count). The molecule has 1 aromatic heterocycles. The van der Waals surface area contributed by atoms with Gasteiger partial charge in [0.1, 0.15) is 11.1 Å². The van der Waals surface area contributed by atoms with Crippen LogP contribution in [0, 0.1) is 10.1 Å². The van der Waals surface area contributed by atoms with Crippen molar-refractivity contribution >= 4 is 18.6 Å². The molecule has 0 spiro atoms. The number of rotatable bonds is 8. The summed E-state index contributed by atoms with van der Waals surface area (Å²) in [5, 5.41) is 11.0. The predicted molar refractivity (Wildman–Crippen MR) is 92.9 cm³/mol. The van der Waals surface area contributed by atoms with Crippen molar-refractivity contribution in [3.05, 3.63) is 52.2 Å². The summed E-state index contributed by atoms with van der Waals surface area (Å²) >= 11 is 0. The normalized spacial score (nSPS) is 12.0. The average Bonchev–Trinajstić information content (AvgIpc) is 2.61. The van der Waals surface area contributed by atoms with Crippen LogP contribution >= 0.6 is 7.60 Å². The maximum absolute atomic E-state index is 13.0. The van der Waals surface area contributed by atoms with Gasteiger partial charge in [0.25, 0.3) is 5.69 Å². The Kier molecular flexibility index (Phi) is 6.76. The largest absolute Gasteiger partial charge is 0.439 e. The number of halogens is 3. The molecule has 0 N–H and O–H groups in total. The van der Waals surface area contributed by atoms with Crippen molar-refractivity contribution in [2.75, 3.05) is 13.2 Å². The molecule has 0 fully saturated rings. The molecule has 8 nitrogen and oxygen atoms in total. The van der Waals surface area contributed by atoms with Crippen LogP contribution in [0.4, 0.5) is 18.9 Å². The van der Waals surface area contributed by atoms with Gasteiger partial charge in [0, 0.05) is 24.4 Å². The number of nitro benzene ring substituents is 1. The highest BCUT2D eigenvalue weighted by molar-refractivity contribution is 7.62. The van der Waals surface area contributed by atoms with Gasteiger partial charge in [0.2, 0.25) is 5.88 Å². The van der Waals surface area contributed by atoms with Crippen molar-refractivity contribution in [1.29, 1.82) is 0 Å². The summed E-state index contributed by atoms with van der Waals surface area (Å²) in [5.41, 5.74) is -1.46. The quantitative estimate of drug-likeness (QED) is 0.347. The number of ether oxygens (including phenoxy) is 1. The molecular weight excluding hydrogens is 404 g/mol. The van der Waals surface area contributed by atoms with E-state index in [1.165, 1.54) is 6.07 Å². The summed E-state index contributed by atoms with van der Waals surface area (Å²) in [6, 6.07) is 5.10. The zero-order chi connectivity index (χ0) is 20.9. The van der Waals surface area contributed by atoms with E-state index in [4.69, 9.17) is 13.8 Å². The molecule has 0 bridgehead atoms. The number of alkyl halides is 3. The number of hydrogen-bond acceptors (Lipinski definition) is 7. The van der Waals surface area contributed by atoms with Crippen molar-refractivity contribution in [3.63, 3.8) is 0 Å². The highest BCUT2D eigenvalue weighted by Crippen LogP contribution is 2.49. The fourth-order valence-corrected chi connectivity index (χ4v) is 3.94. The molecule has 0 aliphatic heterocycles. The molecule has 28 heavy (non-hydrogen) atoms. The number of hydrogen-bond donors (Lipinski definition) is 0. The molecule has 0 amide bonds. The number of aromatic nitrogens is 1. The number of benzene rings is 1. The first-order valence-corrected chi connectivity index (χ1v) is 9.54. The maximum atomic E-state index is 13.0. The Morgan fingerprint density at radius 3 is 2.25 bits per heavy atom. The summed E-state index contributed by atoms with van der Waals surface area (Å²) in [5.74, 6) is -0.219. The third-order valence-corrected chi connectivity index (χ3v) is 5.47. The van der Waals surface area contributed by atoms with Crippen molar-refractivity contribution in [1.82, 2.24) is 4.98 Å². The van der Waals surface area contributed by atoms with Gasteiger partial charge in [-0.15, -0.1) is 0 Å². The molecule has 1 aromatic carbocycles. The first-order chi connectivity index (χ1) is 13.1. The van der Waals surface area contributed by atoms with Gasteiger partial charge in [-0.3, -0.25) is 14.7 Å². The molecule has 2 aromatic rings. The minimum Gasteiger partial charge on any atom is -0.439 e. The third-order valence-electron chi connectivity index (χ3n) is 3.32. The first kappa shape index (κ1) is 21.8. The highest BCUT2D eigenvalue weighted by Gasteiger charge is 2.35. The maximum Gasteiger partial charge on any atom is 0.417 e. The van der Waals surface area contributed by atoms with Crippen LogP contribution < -0.4 is 10.0 Å². The molecule has 0 atom stereocenters. The van der Waals surface area contributed by atoms with Gasteiger partial charge in [0.05, 0.1) is 23.7 Å². The lowest BCUT2D eigenvalue weighted by Crippen LogP contribution is -2.15. The van der Waals surface area contributed by atoms with Gasteiger partial charge in [-0.05, 0) is 26.0 Å². The van der Waals surface area contributed by atoms with Gasteiger partial charge in [-0.25, -0.2) is 4.98 Å². The second-order valence-corrected chi connectivity index (χ2v) is 7.22. The summed E-state index contributed by atoms with van der Waals surface area (Å²) in [6.45, 7) is 3.04. The standard InChI is InChI=1S/C16H16F3N2O6P/c1-3-25-28(24,26-4-2)14-9-12(6-7-13(14)21(22)23)27-15-8-5-11(10-20-15)16(17,18)19/h5-10H,3-4H2,1-2H3. The van der Waals surface area contributed by atoms with Gasteiger partial charge in [0.15, 0.2) is 0 Å². The van der Waals surface area contributed by atoms with E-state index < -0.39 is 29.9 Å². The molecule has 0 aliphatic carbocycles. The summed E-state index contributed by atoms with van der Waals surface area (Å²) in [4.78, 5) is 14.1. The van der Waals surface area contributed by atoms with Crippen LogP contribution in [0.15, 0.2) is 36.5 Å². The Balaban J connectivity index is 2.42. The molecule has 1 heterocycles. The summed E-state index contributed by atoms with van der Waals surface area (Å²) in [7, 11) is -4.02. The molecular formula is C16H16F3N2O6P. The average molecular weight is 420 g/mol. The van der Waals surface area contributed by atoms with Crippen molar-refractivity contribution in [3.8, 4) is 11.6 Å². The Labute approximate surface area is 157 Å². The topological polar surface area (TPSA) is 101 Å². The number of nitro groups is 1. The van der Waals surface area contributed by atoms with E-state index in [1.807, 2.05) is 0 Å². The Bertz CT molecular complexity index is 879. The van der Waals surface area contributed by atoms with Crippen molar-refractivity contribution < 1.29 is 36.4 Å². The number of nitrogens with zero attached hydrogens (tertiary/aromatic N) is 2. The Morgan fingerprint density at radius 1 is 1.14 bits per heavy atom. The second-order valence-electron chi connectivity index (χ2n) is 5.23. The lowest BCUT2D eigenvalue weighted by atomic mass is 10.3. The van der Waals surface area contributed by atoms with Crippen molar-refractivity contribution in [2.24, 2.45) is 0 Å². The van der Waals surface area contributed by atoms with E-state index in [2.05, 4.69) is 4.98 Å². The molecule has 0 aliphatic rings. The van der Waals surface area contributed by atoms with Crippen LogP contribution in [0.1, 0.15) is 19.4 Å². The number of pyridine rings is 1. The van der Waals surface area contributed by atoms with Crippen LogP contribution in [-0.4, -0.2) is 23.1 Å². The van der Waals surface area contributed by atoms with E-state index in [-0.39, 0.29) is 30.1 Å². The monoisotopic (exact) mass is 420 g/mol. The molecule has 152 valence electrons. The predicted octanol–water partition coefficient (Wildman–Crippen LogP) is 4.69. The van der Waals surface area contributed by atoms with Crippen LogP contribution in [0.25, 0.3) is 0 Å². The van der Waals surface area contributed by atoms with Crippen LogP contribution in [0.3, 0.4) is 0 Å². The first-order valence-electron chi connectivity index (χ1n) is 8.00. The van der Waals surface area contributed by atoms with Crippen LogP contribution in [-0.2, 0) is 19.8 Å². The second kappa shape index (κ2) is 8.68. The fraction of sp³-hybridized carbons (Fsp3) is 0.312. The summed E-state index contributed by atoms with van der Waals surface area (Å²) < 4.78 is 66.3. The van der Waals surface area contributed by atoms with Gasteiger partial charge in [-0.1, -0.05) is 0 Å². The highest BCUT2D eigenvalue weighted by atomic mass is 31.2. The van der Waals surface area contributed by atoms with Gasteiger partial charge < -0.3 is 13.8 Å². The van der Waals surface area contributed by atoms with Gasteiger partial charge in [-0.2, -0.15) is 13.2 Å².